The quantitative estimate of drug-likeness (QED) is 0.668. The Balaban J connectivity index is 1.86. The van der Waals surface area contributed by atoms with E-state index in [-0.39, 0.29) is 11.3 Å². The molecule has 0 radical (unpaired) electrons. The molecule has 0 aromatic heterocycles. The van der Waals surface area contributed by atoms with Crippen LogP contribution in [0.25, 0.3) is 0 Å². The van der Waals surface area contributed by atoms with Crippen molar-refractivity contribution in [1.29, 1.82) is 0 Å². The summed E-state index contributed by atoms with van der Waals surface area (Å²) in [5.74, 6) is -0.463. The van der Waals surface area contributed by atoms with E-state index < -0.39 is 10.8 Å². The zero-order valence-corrected chi connectivity index (χ0v) is 14.0. The average molecular weight is 339 g/mol. The highest BCUT2D eigenvalue weighted by atomic mass is 16.6. The van der Waals surface area contributed by atoms with Crippen LogP contribution in [0.4, 0.5) is 17.1 Å². The van der Waals surface area contributed by atoms with E-state index in [0.29, 0.717) is 5.69 Å². The Labute approximate surface area is 146 Å². The largest absolute Gasteiger partial charge is 0.370 e. The summed E-state index contributed by atoms with van der Waals surface area (Å²) in [5.41, 5.74) is 1.54. The van der Waals surface area contributed by atoms with Gasteiger partial charge in [0, 0.05) is 19.2 Å². The Kier molecular flexibility index (Phi) is 5.28. The van der Waals surface area contributed by atoms with Gasteiger partial charge in [-0.25, -0.2) is 0 Å². The third-order valence-electron chi connectivity index (χ3n) is 4.44. The lowest BCUT2D eigenvalue weighted by molar-refractivity contribution is -0.385. The molecule has 1 heterocycles. The number of carbonyl (C=O) groups is 1. The molecule has 0 bridgehead atoms. The minimum Gasteiger partial charge on any atom is -0.370 e. The molecule has 25 heavy (non-hydrogen) atoms. The van der Waals surface area contributed by atoms with E-state index in [1.807, 2.05) is 24.3 Å². The maximum Gasteiger partial charge on any atom is 0.282 e. The number of nitrogens with one attached hydrogen (secondary N) is 1. The number of hydrogen-bond donors (Lipinski definition) is 1. The fourth-order valence-electron chi connectivity index (χ4n) is 3.18. The molecule has 1 aliphatic rings. The van der Waals surface area contributed by atoms with Crippen molar-refractivity contribution in [2.75, 3.05) is 23.3 Å². The van der Waals surface area contributed by atoms with Crippen LogP contribution in [0.1, 0.15) is 36.0 Å². The molecule has 1 fully saturated rings. The topological polar surface area (TPSA) is 75.5 Å². The van der Waals surface area contributed by atoms with Crippen molar-refractivity contribution in [3.63, 3.8) is 0 Å². The van der Waals surface area contributed by atoms with Crippen molar-refractivity contribution in [3.8, 4) is 0 Å². The molecule has 2 aromatic carbocycles. The predicted octanol–water partition coefficient (Wildman–Crippen LogP) is 4.23. The third kappa shape index (κ3) is 3.96. The number of nitro benzene ring substituents is 1. The highest BCUT2D eigenvalue weighted by molar-refractivity contribution is 6.08. The number of nitro groups is 1. The second-order valence-electron chi connectivity index (χ2n) is 6.15. The van der Waals surface area contributed by atoms with Crippen molar-refractivity contribution in [3.05, 3.63) is 64.2 Å². The number of carbonyl (C=O) groups excluding carboxylic acids is 1. The first-order chi connectivity index (χ1) is 12.2. The van der Waals surface area contributed by atoms with Gasteiger partial charge in [0.2, 0.25) is 0 Å². The van der Waals surface area contributed by atoms with Crippen LogP contribution in [0.2, 0.25) is 0 Å². The van der Waals surface area contributed by atoms with Gasteiger partial charge in [0.25, 0.3) is 11.6 Å². The van der Waals surface area contributed by atoms with Crippen LogP contribution < -0.4 is 10.2 Å². The summed E-state index contributed by atoms with van der Waals surface area (Å²) in [6, 6.07) is 13.6. The summed E-state index contributed by atoms with van der Waals surface area (Å²) >= 11 is 0. The maximum absolute atomic E-state index is 12.6. The van der Waals surface area contributed by atoms with Crippen LogP contribution >= 0.6 is 0 Å². The Bertz CT molecular complexity index is 768. The van der Waals surface area contributed by atoms with Crippen LogP contribution in [-0.2, 0) is 0 Å². The molecule has 1 amide bonds. The number of anilines is 2. The number of benzene rings is 2. The summed E-state index contributed by atoms with van der Waals surface area (Å²) in [5, 5.41) is 14.0. The fourth-order valence-corrected chi connectivity index (χ4v) is 3.18. The first-order valence-electron chi connectivity index (χ1n) is 8.55. The van der Waals surface area contributed by atoms with Gasteiger partial charge in [0.05, 0.1) is 16.3 Å². The van der Waals surface area contributed by atoms with Gasteiger partial charge >= 0.3 is 0 Å². The number of para-hydroxylation sites is 3. The van der Waals surface area contributed by atoms with Crippen molar-refractivity contribution in [2.45, 2.75) is 25.7 Å². The summed E-state index contributed by atoms with van der Waals surface area (Å²) in [4.78, 5) is 25.5. The first kappa shape index (κ1) is 17.0. The molecule has 2 aromatic rings. The molecule has 0 unspecified atom stereocenters. The highest BCUT2D eigenvalue weighted by Gasteiger charge is 2.21. The van der Waals surface area contributed by atoms with E-state index in [9.17, 15) is 14.9 Å². The zero-order valence-electron chi connectivity index (χ0n) is 14.0. The molecule has 6 heteroatoms. The van der Waals surface area contributed by atoms with E-state index in [2.05, 4.69) is 10.2 Å². The second-order valence-corrected chi connectivity index (χ2v) is 6.15. The average Bonchev–Trinajstić information content (AvgIpc) is 2.91. The molecule has 0 spiro atoms. The van der Waals surface area contributed by atoms with Crippen LogP contribution in [0.3, 0.4) is 0 Å². The monoisotopic (exact) mass is 339 g/mol. The maximum atomic E-state index is 12.6. The van der Waals surface area contributed by atoms with Crippen molar-refractivity contribution >= 4 is 23.0 Å². The molecule has 6 nitrogen and oxygen atoms in total. The van der Waals surface area contributed by atoms with Crippen LogP contribution in [0, 0.1) is 10.1 Å². The lowest BCUT2D eigenvalue weighted by Crippen LogP contribution is -2.25. The molecule has 130 valence electrons. The van der Waals surface area contributed by atoms with Gasteiger partial charge in [-0.05, 0) is 31.0 Å². The molecule has 1 aliphatic heterocycles. The predicted molar refractivity (Wildman–Crippen MR) is 98.2 cm³/mol. The number of amides is 1. The Morgan fingerprint density at radius 1 is 0.960 bits per heavy atom. The van der Waals surface area contributed by atoms with E-state index in [1.165, 1.54) is 25.0 Å². The zero-order chi connectivity index (χ0) is 17.6. The van der Waals surface area contributed by atoms with E-state index in [4.69, 9.17) is 0 Å². The normalized spacial score (nSPS) is 14.6. The van der Waals surface area contributed by atoms with E-state index >= 15 is 0 Å². The Morgan fingerprint density at radius 3 is 2.32 bits per heavy atom. The van der Waals surface area contributed by atoms with Gasteiger partial charge in [0.1, 0.15) is 5.56 Å². The molecule has 1 N–H and O–H groups in total. The third-order valence-corrected chi connectivity index (χ3v) is 4.44. The van der Waals surface area contributed by atoms with E-state index in [1.54, 1.807) is 12.1 Å². The van der Waals surface area contributed by atoms with Gasteiger partial charge in [-0.3, -0.25) is 14.9 Å². The Hall–Kier alpha value is -2.89. The van der Waals surface area contributed by atoms with E-state index in [0.717, 1.165) is 31.6 Å². The summed E-state index contributed by atoms with van der Waals surface area (Å²) < 4.78 is 0. The molecule has 1 saturated heterocycles. The molecule has 3 rings (SSSR count). The molecule has 0 aliphatic carbocycles. The summed E-state index contributed by atoms with van der Waals surface area (Å²) in [6.45, 7) is 1.91. The summed E-state index contributed by atoms with van der Waals surface area (Å²) in [6.07, 6.45) is 4.71. The van der Waals surface area contributed by atoms with Gasteiger partial charge in [-0.15, -0.1) is 0 Å². The van der Waals surface area contributed by atoms with Gasteiger partial charge in [-0.1, -0.05) is 37.1 Å². The van der Waals surface area contributed by atoms with Gasteiger partial charge in [0.15, 0.2) is 0 Å². The van der Waals surface area contributed by atoms with Crippen LogP contribution in [0.15, 0.2) is 48.5 Å². The standard InChI is InChI=1S/C19H21N3O3/c23-19(15-9-3-5-11-17(15)22(24)25)20-16-10-4-6-12-18(16)21-13-7-1-2-8-14-21/h3-6,9-12H,1-2,7-8,13-14H2,(H,20,23). The Morgan fingerprint density at radius 2 is 1.60 bits per heavy atom. The fraction of sp³-hybridized carbons (Fsp3) is 0.316. The summed E-state index contributed by atoms with van der Waals surface area (Å²) in [7, 11) is 0. The van der Waals surface area contributed by atoms with Gasteiger partial charge in [-0.2, -0.15) is 0 Å². The lowest BCUT2D eigenvalue weighted by Gasteiger charge is -2.25. The SMILES string of the molecule is O=C(Nc1ccccc1N1CCCCCC1)c1ccccc1[N+](=O)[O-]. The van der Waals surface area contributed by atoms with Crippen molar-refractivity contribution in [1.82, 2.24) is 0 Å². The van der Waals surface area contributed by atoms with Crippen LogP contribution in [-0.4, -0.2) is 23.9 Å². The molecule has 0 atom stereocenters. The number of rotatable bonds is 4. The lowest BCUT2D eigenvalue weighted by atomic mass is 10.1. The van der Waals surface area contributed by atoms with Crippen molar-refractivity contribution in [2.24, 2.45) is 0 Å². The van der Waals surface area contributed by atoms with Gasteiger partial charge < -0.3 is 10.2 Å². The second kappa shape index (κ2) is 7.79. The highest BCUT2D eigenvalue weighted by Crippen LogP contribution is 2.29. The molecule has 0 saturated carbocycles. The number of hydrogen-bond acceptors (Lipinski definition) is 4. The number of nitrogens with zero attached hydrogens (tertiary/aromatic N) is 2. The molecular weight excluding hydrogens is 318 g/mol. The van der Waals surface area contributed by atoms with Crippen molar-refractivity contribution < 1.29 is 9.72 Å². The minimum atomic E-state index is -0.532. The molecular formula is C19H21N3O3. The minimum absolute atomic E-state index is 0.0677. The first-order valence-corrected chi connectivity index (χ1v) is 8.55. The van der Waals surface area contributed by atoms with Crippen LogP contribution in [0.5, 0.6) is 0 Å². The smallest absolute Gasteiger partial charge is 0.282 e.